The standard InChI is InChI=1S/C17H24N2O/c1-3-16(20)19-12-15-8-5-4-7-14(15)11-17(13-19)9-6-10-18(17)2/h4-5,7-8H,3,6,9-13H2,1-2H3. The van der Waals surface area contributed by atoms with Crippen molar-refractivity contribution >= 4 is 5.91 Å². The Balaban J connectivity index is 2.00. The van der Waals surface area contributed by atoms with Crippen molar-refractivity contribution in [3.05, 3.63) is 35.4 Å². The van der Waals surface area contributed by atoms with E-state index in [9.17, 15) is 4.79 Å². The van der Waals surface area contributed by atoms with Crippen LogP contribution in [0.4, 0.5) is 0 Å². The fourth-order valence-electron chi connectivity index (χ4n) is 3.81. The first-order valence-electron chi connectivity index (χ1n) is 7.70. The maximum atomic E-state index is 12.3. The molecule has 1 spiro atoms. The molecule has 2 aliphatic rings. The second kappa shape index (κ2) is 5.21. The Morgan fingerprint density at radius 3 is 2.70 bits per heavy atom. The molecule has 3 nitrogen and oxygen atoms in total. The number of hydrogen-bond acceptors (Lipinski definition) is 2. The molecule has 0 aromatic heterocycles. The molecule has 3 heteroatoms. The third-order valence-electron chi connectivity index (χ3n) is 5.08. The molecule has 1 unspecified atom stereocenters. The summed E-state index contributed by atoms with van der Waals surface area (Å²) >= 11 is 0. The fraction of sp³-hybridized carbons (Fsp3) is 0.588. The van der Waals surface area contributed by atoms with Crippen molar-refractivity contribution in [2.24, 2.45) is 0 Å². The molecule has 0 bridgehead atoms. The largest absolute Gasteiger partial charge is 0.337 e. The zero-order chi connectivity index (χ0) is 14.2. The molecular weight excluding hydrogens is 248 g/mol. The van der Waals surface area contributed by atoms with E-state index in [-0.39, 0.29) is 11.4 Å². The van der Waals surface area contributed by atoms with E-state index in [1.807, 2.05) is 6.92 Å². The van der Waals surface area contributed by atoms with Gasteiger partial charge in [0.15, 0.2) is 0 Å². The molecule has 1 amide bonds. The van der Waals surface area contributed by atoms with Crippen LogP contribution in [-0.2, 0) is 17.8 Å². The summed E-state index contributed by atoms with van der Waals surface area (Å²) in [6.07, 6.45) is 4.12. The number of fused-ring (bicyclic) bond motifs is 1. The monoisotopic (exact) mass is 272 g/mol. The molecule has 1 aromatic rings. The van der Waals surface area contributed by atoms with E-state index in [1.165, 1.54) is 24.0 Å². The summed E-state index contributed by atoms with van der Waals surface area (Å²) in [5.74, 6) is 0.279. The normalized spacial score (nSPS) is 26.6. The zero-order valence-electron chi connectivity index (χ0n) is 12.6. The van der Waals surface area contributed by atoms with Gasteiger partial charge in [0.05, 0.1) is 0 Å². The van der Waals surface area contributed by atoms with Crippen LogP contribution in [0.3, 0.4) is 0 Å². The molecule has 108 valence electrons. The lowest BCUT2D eigenvalue weighted by molar-refractivity contribution is -0.133. The van der Waals surface area contributed by atoms with Gasteiger partial charge >= 0.3 is 0 Å². The van der Waals surface area contributed by atoms with E-state index in [0.717, 1.165) is 26.1 Å². The summed E-state index contributed by atoms with van der Waals surface area (Å²) in [5, 5.41) is 0. The van der Waals surface area contributed by atoms with Crippen LogP contribution < -0.4 is 0 Å². The Kier molecular flexibility index (Phi) is 3.55. The van der Waals surface area contributed by atoms with E-state index >= 15 is 0 Å². The highest BCUT2D eigenvalue weighted by molar-refractivity contribution is 5.76. The van der Waals surface area contributed by atoms with E-state index in [0.29, 0.717) is 6.42 Å². The molecule has 20 heavy (non-hydrogen) atoms. The van der Waals surface area contributed by atoms with E-state index < -0.39 is 0 Å². The summed E-state index contributed by atoms with van der Waals surface area (Å²) in [4.78, 5) is 16.8. The van der Waals surface area contributed by atoms with Crippen molar-refractivity contribution in [1.82, 2.24) is 9.80 Å². The second-order valence-electron chi connectivity index (χ2n) is 6.30. The molecule has 0 aliphatic carbocycles. The third kappa shape index (κ3) is 2.24. The highest BCUT2D eigenvalue weighted by atomic mass is 16.2. The van der Waals surface area contributed by atoms with Crippen LogP contribution in [0.2, 0.25) is 0 Å². The van der Waals surface area contributed by atoms with Gasteiger partial charge in [-0.25, -0.2) is 0 Å². The summed E-state index contributed by atoms with van der Waals surface area (Å²) in [7, 11) is 2.22. The number of likely N-dealkylation sites (N-methyl/N-ethyl adjacent to an activating group) is 1. The number of carbonyl (C=O) groups excluding carboxylic acids is 1. The molecular formula is C17H24N2O. The smallest absolute Gasteiger partial charge is 0.222 e. The number of benzene rings is 1. The minimum atomic E-state index is 0.150. The lowest BCUT2D eigenvalue weighted by Crippen LogP contribution is -2.51. The third-order valence-corrected chi connectivity index (χ3v) is 5.08. The van der Waals surface area contributed by atoms with Gasteiger partial charge in [0, 0.05) is 25.0 Å². The molecule has 0 N–H and O–H groups in total. The predicted molar refractivity (Wildman–Crippen MR) is 80.4 cm³/mol. The van der Waals surface area contributed by atoms with Crippen molar-refractivity contribution in [2.75, 3.05) is 20.1 Å². The topological polar surface area (TPSA) is 23.6 Å². The van der Waals surface area contributed by atoms with Crippen LogP contribution in [0.25, 0.3) is 0 Å². The molecule has 1 saturated heterocycles. The van der Waals surface area contributed by atoms with Gasteiger partial charge in [-0.05, 0) is 44.0 Å². The first-order chi connectivity index (χ1) is 9.64. The van der Waals surface area contributed by atoms with E-state index in [4.69, 9.17) is 0 Å². The van der Waals surface area contributed by atoms with Crippen LogP contribution in [-0.4, -0.2) is 41.4 Å². The second-order valence-corrected chi connectivity index (χ2v) is 6.30. The van der Waals surface area contributed by atoms with Gasteiger partial charge in [-0.2, -0.15) is 0 Å². The molecule has 2 heterocycles. The van der Waals surface area contributed by atoms with Gasteiger partial charge in [-0.3, -0.25) is 9.69 Å². The lowest BCUT2D eigenvalue weighted by Gasteiger charge is -2.38. The Bertz CT molecular complexity index is 513. The first-order valence-corrected chi connectivity index (χ1v) is 7.70. The number of amides is 1. The van der Waals surface area contributed by atoms with Gasteiger partial charge in [-0.15, -0.1) is 0 Å². The van der Waals surface area contributed by atoms with Crippen molar-refractivity contribution in [3.63, 3.8) is 0 Å². The van der Waals surface area contributed by atoms with Crippen molar-refractivity contribution in [3.8, 4) is 0 Å². The van der Waals surface area contributed by atoms with Gasteiger partial charge in [0.25, 0.3) is 0 Å². The maximum absolute atomic E-state index is 12.3. The maximum Gasteiger partial charge on any atom is 0.222 e. The molecule has 0 saturated carbocycles. The van der Waals surface area contributed by atoms with Crippen molar-refractivity contribution in [1.29, 1.82) is 0 Å². The molecule has 0 radical (unpaired) electrons. The Hall–Kier alpha value is -1.35. The summed E-state index contributed by atoms with van der Waals surface area (Å²) in [6, 6.07) is 8.63. The minimum absolute atomic E-state index is 0.150. The van der Waals surface area contributed by atoms with Crippen molar-refractivity contribution in [2.45, 2.75) is 44.7 Å². The Morgan fingerprint density at radius 2 is 2.05 bits per heavy atom. The lowest BCUT2D eigenvalue weighted by atomic mass is 9.87. The van der Waals surface area contributed by atoms with Crippen LogP contribution in [0.5, 0.6) is 0 Å². The molecule has 2 aliphatic heterocycles. The van der Waals surface area contributed by atoms with Gasteiger partial charge in [-0.1, -0.05) is 31.2 Å². The van der Waals surface area contributed by atoms with Crippen molar-refractivity contribution < 1.29 is 4.79 Å². The van der Waals surface area contributed by atoms with Gasteiger partial charge < -0.3 is 4.90 Å². The molecule has 3 rings (SSSR count). The number of hydrogen-bond donors (Lipinski definition) is 0. The van der Waals surface area contributed by atoms with Gasteiger partial charge in [0.2, 0.25) is 5.91 Å². The predicted octanol–water partition coefficient (Wildman–Crippen LogP) is 2.45. The quantitative estimate of drug-likeness (QED) is 0.784. The summed E-state index contributed by atoms with van der Waals surface area (Å²) in [5.41, 5.74) is 2.90. The van der Waals surface area contributed by atoms with Gasteiger partial charge in [0.1, 0.15) is 0 Å². The number of nitrogens with zero attached hydrogens (tertiary/aromatic N) is 2. The minimum Gasteiger partial charge on any atom is -0.337 e. The number of rotatable bonds is 1. The first kappa shape index (κ1) is 13.6. The van der Waals surface area contributed by atoms with Crippen LogP contribution in [0.1, 0.15) is 37.3 Å². The molecule has 1 aromatic carbocycles. The van der Waals surface area contributed by atoms with Crippen LogP contribution >= 0.6 is 0 Å². The molecule has 1 atom stereocenters. The highest BCUT2D eigenvalue weighted by Crippen LogP contribution is 2.36. The average Bonchev–Trinajstić information content (AvgIpc) is 2.71. The average molecular weight is 272 g/mol. The fourth-order valence-corrected chi connectivity index (χ4v) is 3.81. The zero-order valence-corrected chi connectivity index (χ0v) is 12.6. The summed E-state index contributed by atoms with van der Waals surface area (Å²) < 4.78 is 0. The SMILES string of the molecule is CCC(=O)N1Cc2ccccc2CC2(CCCN2C)C1. The molecule has 1 fully saturated rings. The highest BCUT2D eigenvalue weighted by Gasteiger charge is 2.42. The Labute approximate surface area is 121 Å². The van der Waals surface area contributed by atoms with E-state index in [1.54, 1.807) is 0 Å². The van der Waals surface area contributed by atoms with E-state index in [2.05, 4.69) is 41.1 Å². The van der Waals surface area contributed by atoms with Crippen LogP contribution in [0.15, 0.2) is 24.3 Å². The van der Waals surface area contributed by atoms with Crippen LogP contribution in [0, 0.1) is 0 Å². The number of carbonyl (C=O) groups is 1. The number of likely N-dealkylation sites (tertiary alicyclic amines) is 1. The Morgan fingerprint density at radius 1 is 1.30 bits per heavy atom. The summed E-state index contributed by atoms with van der Waals surface area (Å²) in [6.45, 7) is 4.77.